The van der Waals surface area contributed by atoms with Gasteiger partial charge in [0.15, 0.2) is 0 Å². The largest absolute Gasteiger partial charge is 0.340 e. The van der Waals surface area contributed by atoms with Crippen LogP contribution in [0.1, 0.15) is 6.92 Å². The van der Waals surface area contributed by atoms with Gasteiger partial charge in [-0.1, -0.05) is 18.5 Å². The predicted molar refractivity (Wildman–Crippen MR) is 89.1 cm³/mol. The monoisotopic (exact) mass is 362 g/mol. The van der Waals surface area contributed by atoms with Crippen LogP contribution >= 0.6 is 11.6 Å². The highest BCUT2D eigenvalue weighted by molar-refractivity contribution is 7.90. The van der Waals surface area contributed by atoms with Crippen LogP contribution in [0.3, 0.4) is 0 Å². The summed E-state index contributed by atoms with van der Waals surface area (Å²) in [5, 5.41) is 4.65. The molecule has 7 nitrogen and oxygen atoms in total. The van der Waals surface area contributed by atoms with Crippen LogP contribution in [-0.4, -0.2) is 78.6 Å². The number of piperazine rings is 1. The average Bonchev–Trinajstić information content (AvgIpc) is 2.89. The van der Waals surface area contributed by atoms with Crippen molar-refractivity contribution in [2.75, 3.05) is 44.7 Å². The van der Waals surface area contributed by atoms with Crippen LogP contribution in [0.2, 0.25) is 5.02 Å². The van der Waals surface area contributed by atoms with Crippen molar-refractivity contribution in [1.29, 1.82) is 0 Å². The molecule has 1 aliphatic heterocycles. The third-order valence-corrected chi connectivity index (χ3v) is 5.07. The summed E-state index contributed by atoms with van der Waals surface area (Å²) in [6.45, 7) is 5.60. The number of aromatic nitrogens is 2. The molecule has 0 bridgehead atoms. The van der Waals surface area contributed by atoms with Crippen LogP contribution in [0.15, 0.2) is 12.4 Å². The highest BCUT2D eigenvalue weighted by Crippen LogP contribution is 2.11. The van der Waals surface area contributed by atoms with Crippen molar-refractivity contribution < 1.29 is 13.2 Å². The van der Waals surface area contributed by atoms with Crippen LogP contribution < -0.4 is 0 Å². The van der Waals surface area contributed by atoms with E-state index in [1.54, 1.807) is 17.1 Å². The first-order valence-corrected chi connectivity index (χ1v) is 10.1. The Bertz CT molecular complexity index is 638. The Morgan fingerprint density at radius 2 is 2.00 bits per heavy atom. The molecule has 23 heavy (non-hydrogen) atoms. The molecule has 1 amide bonds. The zero-order valence-corrected chi connectivity index (χ0v) is 15.1. The molecule has 0 saturated carbocycles. The third kappa shape index (κ3) is 5.78. The number of carbonyl (C=O) groups excluding carboxylic acids is 1. The van der Waals surface area contributed by atoms with Crippen molar-refractivity contribution in [2.45, 2.75) is 13.5 Å². The number of sulfone groups is 1. The SMILES string of the molecule is CC(Cn1cc(Cl)cn1)C(=O)N1CCN(CCS(C)(=O)=O)CC1. The smallest absolute Gasteiger partial charge is 0.227 e. The third-order valence-electron chi connectivity index (χ3n) is 3.95. The number of rotatable bonds is 6. The van der Waals surface area contributed by atoms with Crippen molar-refractivity contribution in [1.82, 2.24) is 19.6 Å². The molecular weight excluding hydrogens is 340 g/mol. The number of hydrogen-bond acceptors (Lipinski definition) is 5. The van der Waals surface area contributed by atoms with Crippen molar-refractivity contribution >= 4 is 27.3 Å². The van der Waals surface area contributed by atoms with E-state index in [2.05, 4.69) is 10.00 Å². The fourth-order valence-corrected chi connectivity index (χ4v) is 3.34. The minimum absolute atomic E-state index is 0.0967. The number of carbonyl (C=O) groups is 1. The average molecular weight is 363 g/mol. The Morgan fingerprint density at radius 3 is 2.52 bits per heavy atom. The summed E-state index contributed by atoms with van der Waals surface area (Å²) in [4.78, 5) is 16.4. The lowest BCUT2D eigenvalue weighted by atomic mass is 10.1. The van der Waals surface area contributed by atoms with E-state index in [0.29, 0.717) is 44.3 Å². The first-order valence-electron chi connectivity index (χ1n) is 7.61. The summed E-state index contributed by atoms with van der Waals surface area (Å²) in [5.41, 5.74) is 0. The maximum absolute atomic E-state index is 12.5. The van der Waals surface area contributed by atoms with E-state index < -0.39 is 9.84 Å². The van der Waals surface area contributed by atoms with E-state index in [4.69, 9.17) is 11.6 Å². The van der Waals surface area contributed by atoms with Gasteiger partial charge in [-0.3, -0.25) is 14.4 Å². The van der Waals surface area contributed by atoms with Gasteiger partial charge in [0.05, 0.1) is 29.4 Å². The normalized spacial score (nSPS) is 18.1. The topological polar surface area (TPSA) is 75.5 Å². The van der Waals surface area contributed by atoms with Gasteiger partial charge in [-0.2, -0.15) is 5.10 Å². The van der Waals surface area contributed by atoms with Gasteiger partial charge in [-0.15, -0.1) is 0 Å². The molecular formula is C14H23ClN4O3S. The Kier molecular flexibility index (Phi) is 6.05. The van der Waals surface area contributed by atoms with Gasteiger partial charge in [0.1, 0.15) is 9.84 Å². The van der Waals surface area contributed by atoms with E-state index in [1.165, 1.54) is 6.26 Å². The number of halogens is 1. The molecule has 1 fully saturated rings. The standard InChI is InChI=1S/C14H23ClN4O3S/c1-12(10-19-11-13(15)9-16-19)14(20)18-5-3-17(4-6-18)7-8-23(2,21)22/h9,11-12H,3-8,10H2,1-2H3. The molecule has 0 radical (unpaired) electrons. The second kappa shape index (κ2) is 7.63. The lowest BCUT2D eigenvalue weighted by Crippen LogP contribution is -2.51. The van der Waals surface area contributed by atoms with Crippen LogP contribution in [0.4, 0.5) is 0 Å². The second-order valence-corrected chi connectivity index (χ2v) is 8.77. The zero-order valence-electron chi connectivity index (χ0n) is 13.5. The van der Waals surface area contributed by atoms with Gasteiger partial charge in [0, 0.05) is 45.2 Å². The molecule has 130 valence electrons. The van der Waals surface area contributed by atoms with Gasteiger partial charge >= 0.3 is 0 Å². The summed E-state index contributed by atoms with van der Waals surface area (Å²) < 4.78 is 24.1. The van der Waals surface area contributed by atoms with Crippen LogP contribution in [0, 0.1) is 5.92 Å². The lowest BCUT2D eigenvalue weighted by Gasteiger charge is -2.35. The fraction of sp³-hybridized carbons (Fsp3) is 0.714. The van der Waals surface area contributed by atoms with Gasteiger partial charge in [0.25, 0.3) is 0 Å². The number of hydrogen-bond donors (Lipinski definition) is 0. The summed E-state index contributed by atoms with van der Waals surface area (Å²) in [6.07, 6.45) is 4.50. The Morgan fingerprint density at radius 1 is 1.35 bits per heavy atom. The maximum atomic E-state index is 12.5. The Balaban J connectivity index is 1.78. The first-order chi connectivity index (χ1) is 10.7. The van der Waals surface area contributed by atoms with Gasteiger partial charge in [-0.05, 0) is 0 Å². The van der Waals surface area contributed by atoms with Gasteiger partial charge in [-0.25, -0.2) is 8.42 Å². The number of amides is 1. The molecule has 0 aliphatic carbocycles. The lowest BCUT2D eigenvalue weighted by molar-refractivity contribution is -0.137. The minimum Gasteiger partial charge on any atom is -0.340 e. The van der Waals surface area contributed by atoms with Crippen LogP contribution in [0.25, 0.3) is 0 Å². The highest BCUT2D eigenvalue weighted by atomic mass is 35.5. The van der Waals surface area contributed by atoms with Crippen LogP contribution in [-0.2, 0) is 21.2 Å². The van der Waals surface area contributed by atoms with Crippen molar-refractivity contribution in [3.8, 4) is 0 Å². The van der Waals surface area contributed by atoms with Crippen molar-refractivity contribution in [3.05, 3.63) is 17.4 Å². The molecule has 1 aromatic rings. The molecule has 1 saturated heterocycles. The zero-order chi connectivity index (χ0) is 17.0. The summed E-state index contributed by atoms with van der Waals surface area (Å²) in [5.74, 6) is 0.0881. The molecule has 2 rings (SSSR count). The summed E-state index contributed by atoms with van der Waals surface area (Å²) in [6, 6.07) is 0. The summed E-state index contributed by atoms with van der Waals surface area (Å²) >= 11 is 5.82. The molecule has 0 spiro atoms. The maximum Gasteiger partial charge on any atom is 0.227 e. The molecule has 1 aliphatic rings. The van der Waals surface area contributed by atoms with Crippen LogP contribution in [0.5, 0.6) is 0 Å². The van der Waals surface area contributed by atoms with Crippen molar-refractivity contribution in [2.24, 2.45) is 5.92 Å². The van der Waals surface area contributed by atoms with Gasteiger partial charge in [0.2, 0.25) is 5.91 Å². The van der Waals surface area contributed by atoms with E-state index in [0.717, 1.165) is 0 Å². The van der Waals surface area contributed by atoms with E-state index in [1.807, 2.05) is 11.8 Å². The molecule has 9 heteroatoms. The molecule has 2 heterocycles. The highest BCUT2D eigenvalue weighted by Gasteiger charge is 2.25. The Labute approximate surface area is 142 Å². The van der Waals surface area contributed by atoms with E-state index in [9.17, 15) is 13.2 Å². The summed E-state index contributed by atoms with van der Waals surface area (Å²) in [7, 11) is -2.94. The van der Waals surface area contributed by atoms with Gasteiger partial charge < -0.3 is 4.90 Å². The van der Waals surface area contributed by atoms with E-state index in [-0.39, 0.29) is 17.6 Å². The molecule has 1 aromatic heterocycles. The molecule has 0 aromatic carbocycles. The molecule has 0 N–H and O–H groups in total. The predicted octanol–water partition coefficient (Wildman–Crippen LogP) is 0.361. The minimum atomic E-state index is -2.94. The van der Waals surface area contributed by atoms with E-state index >= 15 is 0 Å². The first kappa shape index (κ1) is 18.2. The number of nitrogens with zero attached hydrogens (tertiary/aromatic N) is 4. The van der Waals surface area contributed by atoms with Crippen molar-refractivity contribution in [3.63, 3.8) is 0 Å². The molecule has 1 unspecified atom stereocenters. The second-order valence-electron chi connectivity index (χ2n) is 6.08. The quantitative estimate of drug-likeness (QED) is 0.730. The fourth-order valence-electron chi connectivity index (χ4n) is 2.60. The molecule has 1 atom stereocenters. The Hall–Kier alpha value is -1.12.